The molecule has 1 aliphatic heterocycles. The van der Waals surface area contributed by atoms with E-state index in [9.17, 15) is 14.7 Å². The highest BCUT2D eigenvalue weighted by atomic mass is 35.5. The Kier molecular flexibility index (Phi) is 6.48. The molecule has 0 saturated carbocycles. The van der Waals surface area contributed by atoms with Gasteiger partial charge in [-0.15, -0.1) is 0 Å². The number of carbonyl (C=O) groups excluding carboxylic acids is 2. The lowest BCUT2D eigenvalue weighted by molar-refractivity contribution is -0.134. The van der Waals surface area contributed by atoms with Gasteiger partial charge < -0.3 is 14.9 Å². The minimum atomic E-state index is -1.34. The number of rotatable bonds is 5. The van der Waals surface area contributed by atoms with Crippen LogP contribution in [0.5, 0.6) is 0 Å². The Labute approximate surface area is 164 Å². The number of amides is 2. The zero-order valence-electron chi connectivity index (χ0n) is 15.1. The SMILES string of the molecule is O=C(CN(C(=O)C(O)c1ccccc1)c1ccc(Cl)cc1)N1CCCCC1. The normalized spacial score (nSPS) is 15.3. The Morgan fingerprint density at radius 2 is 1.63 bits per heavy atom. The van der Waals surface area contributed by atoms with Crippen molar-refractivity contribution in [3.05, 3.63) is 65.2 Å². The zero-order valence-corrected chi connectivity index (χ0v) is 15.8. The van der Waals surface area contributed by atoms with E-state index < -0.39 is 12.0 Å². The third kappa shape index (κ3) is 4.87. The second-order valence-electron chi connectivity index (χ2n) is 6.66. The molecule has 0 radical (unpaired) electrons. The minimum absolute atomic E-state index is 0.107. The average molecular weight is 387 g/mol. The molecule has 2 aromatic rings. The maximum atomic E-state index is 13.0. The van der Waals surface area contributed by atoms with Gasteiger partial charge in [0.1, 0.15) is 6.54 Å². The fraction of sp³-hybridized carbons (Fsp3) is 0.333. The van der Waals surface area contributed by atoms with E-state index >= 15 is 0 Å². The van der Waals surface area contributed by atoms with E-state index in [-0.39, 0.29) is 12.5 Å². The number of hydrogen-bond acceptors (Lipinski definition) is 3. The maximum Gasteiger partial charge on any atom is 0.260 e. The summed E-state index contributed by atoms with van der Waals surface area (Å²) in [5.74, 6) is -0.646. The summed E-state index contributed by atoms with van der Waals surface area (Å²) in [5, 5.41) is 11.1. The van der Waals surface area contributed by atoms with Crippen molar-refractivity contribution in [3.63, 3.8) is 0 Å². The summed E-state index contributed by atoms with van der Waals surface area (Å²) in [6, 6.07) is 15.4. The number of nitrogens with zero attached hydrogens (tertiary/aromatic N) is 2. The number of anilines is 1. The fourth-order valence-corrected chi connectivity index (χ4v) is 3.35. The largest absolute Gasteiger partial charge is 0.378 e. The zero-order chi connectivity index (χ0) is 19.2. The van der Waals surface area contributed by atoms with Crippen LogP contribution in [0.1, 0.15) is 30.9 Å². The molecule has 1 saturated heterocycles. The predicted molar refractivity (Wildman–Crippen MR) is 106 cm³/mol. The highest BCUT2D eigenvalue weighted by molar-refractivity contribution is 6.30. The van der Waals surface area contributed by atoms with E-state index in [1.807, 2.05) is 6.07 Å². The molecule has 3 rings (SSSR count). The lowest BCUT2D eigenvalue weighted by Crippen LogP contribution is -2.46. The van der Waals surface area contributed by atoms with Crippen molar-refractivity contribution in [2.24, 2.45) is 0 Å². The van der Waals surface area contributed by atoms with Crippen LogP contribution < -0.4 is 4.90 Å². The van der Waals surface area contributed by atoms with Gasteiger partial charge in [0, 0.05) is 23.8 Å². The molecule has 0 bridgehead atoms. The number of aliphatic hydroxyl groups is 1. The molecule has 0 spiro atoms. The second kappa shape index (κ2) is 9.02. The topological polar surface area (TPSA) is 60.9 Å². The van der Waals surface area contributed by atoms with E-state index in [0.717, 1.165) is 19.3 Å². The van der Waals surface area contributed by atoms with Crippen LogP contribution in [0.2, 0.25) is 5.02 Å². The molecule has 0 aliphatic carbocycles. The Morgan fingerprint density at radius 1 is 1.00 bits per heavy atom. The number of halogens is 1. The third-order valence-corrected chi connectivity index (χ3v) is 5.01. The molecule has 5 nitrogen and oxygen atoms in total. The molecule has 6 heteroatoms. The minimum Gasteiger partial charge on any atom is -0.378 e. The van der Waals surface area contributed by atoms with Crippen molar-refractivity contribution < 1.29 is 14.7 Å². The first-order valence-corrected chi connectivity index (χ1v) is 9.52. The van der Waals surface area contributed by atoms with E-state index in [1.165, 1.54) is 4.90 Å². The molecule has 2 amide bonds. The van der Waals surface area contributed by atoms with Gasteiger partial charge in [0.2, 0.25) is 5.91 Å². The first-order valence-electron chi connectivity index (χ1n) is 9.14. The summed E-state index contributed by atoms with van der Waals surface area (Å²) >= 11 is 5.95. The summed E-state index contributed by atoms with van der Waals surface area (Å²) < 4.78 is 0. The van der Waals surface area contributed by atoms with Crippen LogP contribution in [-0.4, -0.2) is 41.5 Å². The maximum absolute atomic E-state index is 13.0. The van der Waals surface area contributed by atoms with E-state index in [4.69, 9.17) is 11.6 Å². The molecular weight excluding hydrogens is 364 g/mol. The molecule has 1 N–H and O–H groups in total. The number of carbonyl (C=O) groups is 2. The average Bonchev–Trinajstić information content (AvgIpc) is 2.73. The predicted octanol–water partition coefficient (Wildman–Crippen LogP) is 3.42. The van der Waals surface area contributed by atoms with Crippen molar-refractivity contribution >= 4 is 29.1 Å². The Morgan fingerprint density at radius 3 is 2.26 bits per heavy atom. The lowest BCUT2D eigenvalue weighted by Gasteiger charge is -2.31. The first-order chi connectivity index (χ1) is 13.1. The molecule has 1 fully saturated rings. The summed E-state index contributed by atoms with van der Waals surface area (Å²) in [7, 11) is 0. The van der Waals surface area contributed by atoms with Crippen molar-refractivity contribution in [1.82, 2.24) is 4.90 Å². The smallest absolute Gasteiger partial charge is 0.260 e. The number of likely N-dealkylation sites (tertiary alicyclic amines) is 1. The van der Waals surface area contributed by atoms with Crippen LogP contribution in [0.25, 0.3) is 0 Å². The highest BCUT2D eigenvalue weighted by Crippen LogP contribution is 2.23. The van der Waals surface area contributed by atoms with Gasteiger partial charge in [-0.25, -0.2) is 0 Å². The van der Waals surface area contributed by atoms with Crippen LogP contribution in [0.3, 0.4) is 0 Å². The number of benzene rings is 2. The Hall–Kier alpha value is -2.37. The molecule has 1 unspecified atom stereocenters. The number of aliphatic hydroxyl groups excluding tert-OH is 1. The number of hydrogen-bond donors (Lipinski definition) is 1. The van der Waals surface area contributed by atoms with Crippen molar-refractivity contribution in [2.75, 3.05) is 24.5 Å². The summed E-state index contributed by atoms with van der Waals surface area (Å²) in [6.07, 6.45) is 1.74. The van der Waals surface area contributed by atoms with E-state index in [1.54, 1.807) is 53.4 Å². The molecular formula is C21H23ClN2O3. The summed E-state index contributed by atoms with van der Waals surface area (Å²) in [6.45, 7) is 1.32. The fourth-order valence-electron chi connectivity index (χ4n) is 3.22. The van der Waals surface area contributed by atoms with Gasteiger partial charge >= 0.3 is 0 Å². The van der Waals surface area contributed by atoms with Gasteiger partial charge in [-0.1, -0.05) is 41.9 Å². The van der Waals surface area contributed by atoms with Gasteiger partial charge in [-0.3, -0.25) is 9.59 Å². The van der Waals surface area contributed by atoms with Gasteiger partial charge in [0.05, 0.1) is 0 Å². The molecule has 1 heterocycles. The summed E-state index contributed by atoms with van der Waals surface area (Å²) in [5.41, 5.74) is 1.02. The van der Waals surface area contributed by atoms with Gasteiger partial charge in [-0.05, 0) is 49.1 Å². The van der Waals surface area contributed by atoms with Crippen molar-refractivity contribution in [3.8, 4) is 0 Å². The monoisotopic (exact) mass is 386 g/mol. The van der Waals surface area contributed by atoms with Crippen molar-refractivity contribution in [2.45, 2.75) is 25.4 Å². The van der Waals surface area contributed by atoms with Gasteiger partial charge in [-0.2, -0.15) is 0 Å². The highest BCUT2D eigenvalue weighted by Gasteiger charge is 2.28. The first kappa shape index (κ1) is 19.4. The summed E-state index contributed by atoms with van der Waals surface area (Å²) in [4.78, 5) is 28.9. The Balaban J connectivity index is 1.83. The molecule has 0 aromatic heterocycles. The molecule has 27 heavy (non-hydrogen) atoms. The lowest BCUT2D eigenvalue weighted by atomic mass is 10.1. The molecule has 142 valence electrons. The van der Waals surface area contributed by atoms with Gasteiger partial charge in [0.25, 0.3) is 5.91 Å². The van der Waals surface area contributed by atoms with Crippen LogP contribution in [0.4, 0.5) is 5.69 Å². The number of piperidine rings is 1. The second-order valence-corrected chi connectivity index (χ2v) is 7.09. The van der Waals surface area contributed by atoms with Crippen LogP contribution in [0, 0.1) is 0 Å². The third-order valence-electron chi connectivity index (χ3n) is 4.76. The van der Waals surface area contributed by atoms with Gasteiger partial charge in [0.15, 0.2) is 6.10 Å². The molecule has 1 aliphatic rings. The van der Waals surface area contributed by atoms with E-state index in [2.05, 4.69) is 0 Å². The molecule has 1 atom stereocenters. The standard InChI is InChI=1S/C21H23ClN2O3/c22-17-9-11-18(12-10-17)24(15-19(25)23-13-5-2-6-14-23)21(27)20(26)16-7-3-1-4-8-16/h1,3-4,7-12,20,26H,2,5-6,13-15H2. The van der Waals surface area contributed by atoms with Crippen molar-refractivity contribution in [1.29, 1.82) is 0 Å². The van der Waals surface area contributed by atoms with Crippen LogP contribution in [0.15, 0.2) is 54.6 Å². The van der Waals surface area contributed by atoms with Crippen LogP contribution >= 0.6 is 11.6 Å². The quantitative estimate of drug-likeness (QED) is 0.856. The Bertz CT molecular complexity index is 774. The van der Waals surface area contributed by atoms with Crippen LogP contribution in [-0.2, 0) is 9.59 Å². The van der Waals surface area contributed by atoms with E-state index in [0.29, 0.717) is 29.4 Å². The molecule has 2 aromatic carbocycles.